The number of hydrogen-bond acceptors (Lipinski definition) is 3. The number of aryl methyl sites for hydroxylation is 2. The van der Waals surface area contributed by atoms with Gasteiger partial charge in [0.05, 0.1) is 7.11 Å². The van der Waals surface area contributed by atoms with Gasteiger partial charge >= 0.3 is 0 Å². The lowest BCUT2D eigenvalue weighted by molar-refractivity contribution is 0.0846. The van der Waals surface area contributed by atoms with Gasteiger partial charge < -0.3 is 9.47 Å². The summed E-state index contributed by atoms with van der Waals surface area (Å²) in [6, 6.07) is 11.7. The number of hydrogen-bond donors (Lipinski definition) is 0. The predicted octanol–water partition coefficient (Wildman–Crippen LogP) is 4.53. The zero-order valence-electron chi connectivity index (χ0n) is 14.8. The van der Waals surface area contributed by atoms with Crippen LogP contribution >= 0.6 is 0 Å². The third kappa shape index (κ3) is 3.45. The Morgan fingerprint density at radius 3 is 2.75 bits per heavy atom. The van der Waals surface area contributed by atoms with Crippen LogP contribution in [0.5, 0.6) is 11.5 Å². The lowest BCUT2D eigenvalue weighted by Gasteiger charge is -2.32. The van der Waals surface area contributed by atoms with Gasteiger partial charge in [0.2, 0.25) is 0 Å². The van der Waals surface area contributed by atoms with Crippen LogP contribution in [0.3, 0.4) is 0 Å². The molecule has 3 heteroatoms. The number of benzene rings is 2. The number of ether oxygens (including phenoxy) is 2. The second-order valence-electron chi connectivity index (χ2n) is 7.09. The molecule has 1 aliphatic rings. The number of methoxy groups -OCH3 is 1. The van der Waals surface area contributed by atoms with Crippen LogP contribution in [0.15, 0.2) is 36.4 Å². The Kier molecular flexibility index (Phi) is 4.35. The molecule has 0 radical (unpaired) electrons. The molecule has 0 spiro atoms. The summed E-state index contributed by atoms with van der Waals surface area (Å²) in [5, 5.41) is 0. The molecule has 126 valence electrons. The van der Waals surface area contributed by atoms with E-state index in [1.54, 1.807) is 7.11 Å². The fourth-order valence-corrected chi connectivity index (χ4v) is 3.09. The van der Waals surface area contributed by atoms with E-state index in [0.29, 0.717) is 6.42 Å². The summed E-state index contributed by atoms with van der Waals surface area (Å²) in [6.45, 7) is 6.19. The van der Waals surface area contributed by atoms with Gasteiger partial charge in [-0.05, 0) is 74.6 Å². The maximum atomic E-state index is 12.6. The predicted molar refractivity (Wildman–Crippen MR) is 95.2 cm³/mol. The molecule has 0 bridgehead atoms. The lowest BCUT2D eigenvalue weighted by atomic mass is 9.92. The normalized spacial score (nSPS) is 15.3. The van der Waals surface area contributed by atoms with Crippen molar-refractivity contribution in [2.24, 2.45) is 0 Å². The minimum absolute atomic E-state index is 0.119. The summed E-state index contributed by atoms with van der Waals surface area (Å²) in [7, 11) is 1.65. The minimum Gasteiger partial charge on any atom is -0.496 e. The Labute approximate surface area is 143 Å². The number of fused-ring (bicyclic) bond motifs is 1. The monoisotopic (exact) mass is 324 g/mol. The molecule has 3 nitrogen and oxygen atoms in total. The molecule has 0 aromatic heterocycles. The van der Waals surface area contributed by atoms with E-state index >= 15 is 0 Å². The number of carbonyl (C=O) groups excluding carboxylic acids is 1. The van der Waals surface area contributed by atoms with Gasteiger partial charge in [0.1, 0.15) is 17.1 Å². The highest BCUT2D eigenvalue weighted by Crippen LogP contribution is 2.33. The molecule has 1 aliphatic heterocycles. The van der Waals surface area contributed by atoms with Crippen molar-refractivity contribution in [3.8, 4) is 11.5 Å². The van der Waals surface area contributed by atoms with Crippen LogP contribution in [0.25, 0.3) is 0 Å². The van der Waals surface area contributed by atoms with E-state index in [1.165, 1.54) is 0 Å². The third-order valence-electron chi connectivity index (χ3n) is 4.60. The smallest absolute Gasteiger partial charge is 0.167 e. The summed E-state index contributed by atoms with van der Waals surface area (Å²) in [5.74, 6) is 1.84. The van der Waals surface area contributed by atoms with Gasteiger partial charge in [-0.2, -0.15) is 0 Å². The summed E-state index contributed by atoms with van der Waals surface area (Å²) >= 11 is 0. The second-order valence-corrected chi connectivity index (χ2v) is 7.09. The molecule has 0 N–H and O–H groups in total. The molecule has 1 heterocycles. The van der Waals surface area contributed by atoms with E-state index in [0.717, 1.165) is 46.6 Å². The van der Waals surface area contributed by atoms with Crippen molar-refractivity contribution in [3.05, 3.63) is 58.7 Å². The molecular formula is C21H24O3. The highest BCUT2D eigenvalue weighted by molar-refractivity contribution is 5.98. The van der Waals surface area contributed by atoms with Crippen LogP contribution in [0.1, 0.15) is 47.3 Å². The molecule has 2 aromatic rings. The van der Waals surface area contributed by atoms with Crippen LogP contribution in [-0.4, -0.2) is 18.5 Å². The quantitative estimate of drug-likeness (QED) is 0.775. The van der Waals surface area contributed by atoms with Crippen molar-refractivity contribution < 1.29 is 14.3 Å². The van der Waals surface area contributed by atoms with Crippen LogP contribution in [-0.2, 0) is 12.8 Å². The van der Waals surface area contributed by atoms with Crippen LogP contribution in [0.4, 0.5) is 0 Å². The summed E-state index contributed by atoms with van der Waals surface area (Å²) in [4.78, 5) is 12.6. The van der Waals surface area contributed by atoms with Gasteiger partial charge in [-0.1, -0.05) is 12.1 Å². The van der Waals surface area contributed by atoms with E-state index in [9.17, 15) is 4.79 Å². The van der Waals surface area contributed by atoms with Crippen molar-refractivity contribution in [2.45, 2.75) is 45.6 Å². The van der Waals surface area contributed by atoms with Crippen molar-refractivity contribution >= 4 is 5.78 Å². The van der Waals surface area contributed by atoms with Crippen molar-refractivity contribution in [1.29, 1.82) is 0 Å². The van der Waals surface area contributed by atoms with Gasteiger partial charge in [-0.3, -0.25) is 4.79 Å². The summed E-state index contributed by atoms with van der Waals surface area (Å²) < 4.78 is 11.3. The highest BCUT2D eigenvalue weighted by atomic mass is 16.5. The van der Waals surface area contributed by atoms with Crippen LogP contribution in [0, 0.1) is 6.92 Å². The zero-order chi connectivity index (χ0) is 17.3. The van der Waals surface area contributed by atoms with Gasteiger partial charge in [-0.25, -0.2) is 0 Å². The van der Waals surface area contributed by atoms with E-state index in [-0.39, 0.29) is 11.4 Å². The molecule has 0 saturated heterocycles. The average Bonchev–Trinajstić information content (AvgIpc) is 2.55. The zero-order valence-corrected chi connectivity index (χ0v) is 14.8. The third-order valence-corrected chi connectivity index (χ3v) is 4.60. The Balaban J connectivity index is 1.79. The maximum Gasteiger partial charge on any atom is 0.167 e. The number of Topliss-reactive ketones (excluding diaryl/α,β-unsaturated/α-hetero) is 1. The molecule has 2 aromatic carbocycles. The lowest BCUT2D eigenvalue weighted by Crippen LogP contribution is -2.32. The molecule has 3 rings (SSSR count). The molecule has 0 amide bonds. The maximum absolute atomic E-state index is 12.6. The van der Waals surface area contributed by atoms with E-state index < -0.39 is 0 Å². The first-order chi connectivity index (χ1) is 11.4. The van der Waals surface area contributed by atoms with Crippen LogP contribution in [0.2, 0.25) is 0 Å². The van der Waals surface area contributed by atoms with Crippen LogP contribution < -0.4 is 9.47 Å². The van der Waals surface area contributed by atoms with E-state index in [2.05, 4.69) is 13.8 Å². The van der Waals surface area contributed by atoms with Gasteiger partial charge in [-0.15, -0.1) is 0 Å². The topological polar surface area (TPSA) is 35.5 Å². The van der Waals surface area contributed by atoms with Gasteiger partial charge in [0.25, 0.3) is 0 Å². The van der Waals surface area contributed by atoms with Crippen molar-refractivity contribution in [1.82, 2.24) is 0 Å². The Morgan fingerprint density at radius 1 is 1.21 bits per heavy atom. The molecule has 0 aliphatic carbocycles. The highest BCUT2D eigenvalue weighted by Gasteiger charge is 2.26. The standard InChI is InChI=1S/C21H24O3/c1-14-5-6-15(12-20(14)23-4)11-18(22)16-7-8-19-17(13-16)9-10-21(2,3)24-19/h5-8,12-13H,9-11H2,1-4H3. The van der Waals surface area contributed by atoms with Gasteiger partial charge in [0.15, 0.2) is 5.78 Å². The molecule has 24 heavy (non-hydrogen) atoms. The molecule has 0 unspecified atom stereocenters. The summed E-state index contributed by atoms with van der Waals surface area (Å²) in [6.07, 6.45) is 2.29. The Hall–Kier alpha value is -2.29. The molecule has 0 atom stereocenters. The first-order valence-corrected chi connectivity index (χ1v) is 8.37. The Bertz CT molecular complexity index is 775. The fourth-order valence-electron chi connectivity index (χ4n) is 3.09. The largest absolute Gasteiger partial charge is 0.496 e. The van der Waals surface area contributed by atoms with Crippen molar-refractivity contribution in [3.63, 3.8) is 0 Å². The second kappa shape index (κ2) is 6.31. The first-order valence-electron chi connectivity index (χ1n) is 8.37. The molecular weight excluding hydrogens is 300 g/mol. The molecule has 0 fully saturated rings. The Morgan fingerprint density at radius 2 is 2.00 bits per heavy atom. The van der Waals surface area contributed by atoms with E-state index in [1.807, 2.05) is 43.3 Å². The van der Waals surface area contributed by atoms with Crippen molar-refractivity contribution in [2.75, 3.05) is 7.11 Å². The minimum atomic E-state index is -0.128. The number of rotatable bonds is 4. The van der Waals surface area contributed by atoms with E-state index in [4.69, 9.17) is 9.47 Å². The van der Waals surface area contributed by atoms with Gasteiger partial charge in [0, 0.05) is 12.0 Å². The summed E-state index contributed by atoms with van der Waals surface area (Å²) in [5.41, 5.74) is 3.79. The average molecular weight is 324 g/mol. The number of carbonyl (C=O) groups is 1. The first kappa shape index (κ1) is 16.6. The fraction of sp³-hybridized carbons (Fsp3) is 0.381. The number of ketones is 1. The molecule has 0 saturated carbocycles. The SMILES string of the molecule is COc1cc(CC(=O)c2ccc3c(c2)CCC(C)(C)O3)ccc1C.